The minimum absolute atomic E-state index is 0. The van der Waals surface area contributed by atoms with Gasteiger partial charge in [0.25, 0.3) is 0 Å². The summed E-state index contributed by atoms with van der Waals surface area (Å²) < 4.78 is 15.0. The monoisotopic (exact) mass is 1310 g/mol. The second-order valence-corrected chi connectivity index (χ2v) is 25.1. The Hall–Kier alpha value is -8.96. The Kier molecular flexibility index (Phi) is 22.7. The normalized spacial score (nSPS) is 15.5. The lowest BCUT2D eigenvalue weighted by molar-refractivity contribution is -0.117. The Morgan fingerprint density at radius 1 is 0.511 bits per heavy atom. The number of rotatable bonds is 9. The molecule has 0 atom stereocenters. The minimum Gasteiger partial charge on any atom is -0.478 e. The first-order valence-corrected chi connectivity index (χ1v) is 32.5. The van der Waals surface area contributed by atoms with Gasteiger partial charge in [0, 0.05) is 106 Å². The van der Waals surface area contributed by atoms with Gasteiger partial charge in [-0.2, -0.15) is 0 Å². The zero-order chi connectivity index (χ0) is 64.3. The number of Topliss-reactive ketones (excluding diaryl/α,β-unsaturated/α-hetero) is 1. The SMILES string of the molecule is C.COC(=O)c1ccc2c(C3CCCC3)c(Br)n(C)c2c1.COC(=O)c1ccc2c(C3CCCC3)cn(C)c2c1.O=C(O)c1ccc2c(C3=CCCC3)c[nH]c2c1.O=C(O)c1ccc2c(C3CCCC3)c[nH]c2c1.O=C(O)c1ccc2cc[nH]c2c1.O=C1CCCC1. The predicted molar refractivity (Wildman–Crippen MR) is 368 cm³/mol. The topological polar surface area (TPSA) is 239 Å². The molecule has 0 saturated heterocycles. The number of halogens is 1. The molecule has 0 aliphatic heterocycles. The Morgan fingerprint density at radius 2 is 1.00 bits per heavy atom. The molecule has 0 radical (unpaired) electrons. The van der Waals surface area contributed by atoms with Crippen molar-refractivity contribution in [2.45, 2.75) is 147 Å². The van der Waals surface area contributed by atoms with E-state index in [2.05, 4.69) is 64.4 Å². The van der Waals surface area contributed by atoms with E-state index >= 15 is 0 Å². The lowest BCUT2D eigenvalue weighted by Crippen LogP contribution is -2.01. The van der Waals surface area contributed by atoms with Gasteiger partial charge in [0.05, 0.1) is 46.6 Å². The molecule has 16 nitrogen and oxygen atoms in total. The van der Waals surface area contributed by atoms with E-state index in [1.54, 1.807) is 48.7 Å². The van der Waals surface area contributed by atoms with Crippen LogP contribution in [0.2, 0.25) is 0 Å². The zero-order valence-electron chi connectivity index (χ0n) is 52.2. The highest BCUT2D eigenvalue weighted by Gasteiger charge is 2.27. The van der Waals surface area contributed by atoms with Crippen LogP contribution in [-0.2, 0) is 28.4 Å². The molecular weight excluding hydrogens is 1230 g/mol. The summed E-state index contributed by atoms with van der Waals surface area (Å²) in [5.74, 6) is -0.783. The highest BCUT2D eigenvalue weighted by atomic mass is 79.9. The summed E-state index contributed by atoms with van der Waals surface area (Å²) in [6, 6.07) is 29.2. The fourth-order valence-electron chi connectivity index (χ4n) is 13.8. The molecule has 5 aromatic heterocycles. The third-order valence-corrected chi connectivity index (χ3v) is 19.6. The molecule has 4 fully saturated rings. The van der Waals surface area contributed by atoms with Crippen molar-refractivity contribution in [2.24, 2.45) is 14.1 Å². The molecule has 5 aliphatic carbocycles. The number of carboxylic acid groups (broad SMARTS) is 3. The number of fused-ring (bicyclic) bond motifs is 5. The van der Waals surface area contributed by atoms with Crippen molar-refractivity contribution in [3.05, 3.63) is 183 Å². The van der Waals surface area contributed by atoms with Gasteiger partial charge >= 0.3 is 29.8 Å². The summed E-state index contributed by atoms with van der Waals surface area (Å²) in [5, 5.41) is 32.4. The van der Waals surface area contributed by atoms with Crippen LogP contribution in [0.5, 0.6) is 0 Å². The summed E-state index contributed by atoms with van der Waals surface area (Å²) >= 11 is 3.73. The fraction of sp³-hybridized carbons (Fsp3) is 0.360. The van der Waals surface area contributed by atoms with E-state index < -0.39 is 17.9 Å². The molecule has 5 heterocycles. The molecular formula is C75H84BrN5O11. The third kappa shape index (κ3) is 15.5. The zero-order valence-corrected chi connectivity index (χ0v) is 53.8. The predicted octanol–water partition coefficient (Wildman–Crippen LogP) is 18.6. The van der Waals surface area contributed by atoms with E-state index in [4.69, 9.17) is 24.8 Å². The Morgan fingerprint density at radius 3 is 1.54 bits per heavy atom. The quantitative estimate of drug-likeness (QED) is 0.0743. The van der Waals surface area contributed by atoms with Gasteiger partial charge in [-0.15, -0.1) is 0 Å². The number of ketones is 1. The van der Waals surface area contributed by atoms with Gasteiger partial charge in [-0.3, -0.25) is 4.79 Å². The Bertz CT molecular complexity index is 4320. The smallest absolute Gasteiger partial charge is 0.337 e. The molecule has 0 spiro atoms. The van der Waals surface area contributed by atoms with Gasteiger partial charge < -0.3 is 48.9 Å². The first kappa shape index (κ1) is 67.4. The average Bonchev–Trinajstić information content (AvgIpc) is 1.64. The van der Waals surface area contributed by atoms with Crippen molar-refractivity contribution in [1.82, 2.24) is 24.1 Å². The van der Waals surface area contributed by atoms with Gasteiger partial charge in [-0.25, -0.2) is 24.0 Å². The number of carboxylic acids is 3. The van der Waals surface area contributed by atoms with Crippen molar-refractivity contribution >= 4 is 112 Å². The van der Waals surface area contributed by atoms with Crippen molar-refractivity contribution in [3.8, 4) is 0 Å². The molecule has 4 saturated carbocycles. The maximum atomic E-state index is 11.7. The van der Waals surface area contributed by atoms with E-state index in [0.717, 1.165) is 81.5 Å². The van der Waals surface area contributed by atoms with Crippen LogP contribution < -0.4 is 0 Å². The maximum absolute atomic E-state index is 11.7. The van der Waals surface area contributed by atoms with E-state index in [1.165, 1.54) is 142 Å². The standard InChI is InChI=1S/C16H18BrNO2.C16H19NO2.C14H15NO2.C14H13NO2.C9H7NO2.C5H8O.CH4/c1-18-13-9-11(16(19)20-2)7-8-12(13)14(15(18)17)10-5-3-4-6-10;1-17-10-14(11-5-3-4-6-11)13-8-7-12(9-15(13)17)16(18)19-2;2*16-14(17)10-5-6-11-12(8-15-13(11)7-10)9-3-1-2-4-9;11-9(12)7-2-1-6-3-4-10-8(6)5-7;6-5-3-1-2-4-5;/h7-10H,3-6H2,1-2H3;7-11H,3-6H2,1-2H3;5-9,15H,1-4H2,(H,16,17);3,5-8,15H,1-2,4H2,(H,16,17);1-5,10H,(H,11,12);1-4H2;1H4. The largest absolute Gasteiger partial charge is 0.478 e. The van der Waals surface area contributed by atoms with Crippen LogP contribution in [0.15, 0.2) is 133 Å². The number of aromatic nitrogens is 5. The second kappa shape index (κ2) is 30.9. The van der Waals surface area contributed by atoms with Crippen LogP contribution in [0.1, 0.15) is 221 Å². The Labute approximate surface area is 544 Å². The van der Waals surface area contributed by atoms with Gasteiger partial charge in [-0.05, 0) is 199 Å². The van der Waals surface area contributed by atoms with Crippen LogP contribution in [0.25, 0.3) is 60.1 Å². The van der Waals surface area contributed by atoms with Crippen LogP contribution in [0.3, 0.4) is 0 Å². The van der Waals surface area contributed by atoms with E-state index in [9.17, 15) is 28.8 Å². The molecule has 10 aromatic rings. The molecule has 482 valence electrons. The number of nitrogens with one attached hydrogen (secondary N) is 3. The molecule has 15 rings (SSSR count). The molecule has 0 unspecified atom stereocenters. The number of nitrogens with zero attached hydrogens (tertiary/aromatic N) is 2. The van der Waals surface area contributed by atoms with E-state index in [1.807, 2.05) is 69.0 Å². The summed E-state index contributed by atoms with van der Waals surface area (Å²) in [6.45, 7) is 0. The summed E-state index contributed by atoms with van der Waals surface area (Å²) in [6.07, 6.45) is 33.3. The number of H-pyrrole nitrogens is 3. The molecule has 5 aromatic carbocycles. The van der Waals surface area contributed by atoms with Crippen LogP contribution >= 0.6 is 15.9 Å². The second-order valence-electron chi connectivity index (χ2n) is 24.4. The maximum Gasteiger partial charge on any atom is 0.337 e. The number of carbonyl (C=O) groups excluding carboxylic acids is 3. The van der Waals surface area contributed by atoms with Crippen LogP contribution in [0, 0.1) is 0 Å². The van der Waals surface area contributed by atoms with Crippen molar-refractivity contribution in [3.63, 3.8) is 0 Å². The van der Waals surface area contributed by atoms with E-state index in [-0.39, 0.29) is 19.4 Å². The summed E-state index contributed by atoms with van der Waals surface area (Å²) in [5.41, 5.74) is 13.9. The first-order valence-electron chi connectivity index (χ1n) is 31.8. The first-order chi connectivity index (χ1) is 44.0. The number of methoxy groups -OCH3 is 2. The number of ether oxygens (including phenoxy) is 2. The molecule has 0 bridgehead atoms. The number of aryl methyl sites for hydroxylation is 2. The van der Waals surface area contributed by atoms with Crippen LogP contribution in [-0.4, -0.2) is 89.3 Å². The number of benzene rings is 5. The van der Waals surface area contributed by atoms with Gasteiger partial charge in [0.2, 0.25) is 0 Å². The number of hydrogen-bond acceptors (Lipinski definition) is 8. The lowest BCUT2D eigenvalue weighted by Gasteiger charge is -2.09. The minimum atomic E-state index is -0.897. The molecule has 17 heteroatoms. The van der Waals surface area contributed by atoms with Gasteiger partial charge in [0.15, 0.2) is 0 Å². The third-order valence-electron chi connectivity index (χ3n) is 18.6. The van der Waals surface area contributed by atoms with Crippen molar-refractivity contribution in [1.29, 1.82) is 0 Å². The Balaban J connectivity index is 0.000000133. The average molecular weight is 1310 g/mol. The lowest BCUT2D eigenvalue weighted by atomic mass is 9.97. The highest BCUT2D eigenvalue weighted by Crippen LogP contribution is 2.44. The number of aromatic amines is 3. The number of aromatic carboxylic acids is 3. The summed E-state index contributed by atoms with van der Waals surface area (Å²) in [4.78, 5) is 75.1. The number of carbonyl (C=O) groups is 6. The molecule has 5 aliphatic rings. The highest BCUT2D eigenvalue weighted by molar-refractivity contribution is 9.10. The van der Waals surface area contributed by atoms with Crippen LogP contribution in [0.4, 0.5) is 0 Å². The van der Waals surface area contributed by atoms with Gasteiger partial charge in [0.1, 0.15) is 5.78 Å². The summed E-state index contributed by atoms with van der Waals surface area (Å²) in [7, 11) is 6.91. The molecule has 92 heavy (non-hydrogen) atoms. The van der Waals surface area contributed by atoms with Gasteiger partial charge in [-0.1, -0.05) is 82.4 Å². The number of hydrogen-bond donors (Lipinski definition) is 6. The van der Waals surface area contributed by atoms with Crippen molar-refractivity contribution < 1.29 is 53.6 Å². The number of allylic oxidation sites excluding steroid dienone is 2. The molecule has 6 N–H and O–H groups in total. The van der Waals surface area contributed by atoms with E-state index in [0.29, 0.717) is 51.4 Å². The fourth-order valence-corrected chi connectivity index (χ4v) is 14.5. The number of esters is 2. The molecule has 0 amide bonds. The van der Waals surface area contributed by atoms with Crippen molar-refractivity contribution in [2.75, 3.05) is 14.2 Å².